The van der Waals surface area contributed by atoms with E-state index in [0.717, 1.165) is 40.0 Å². The minimum Gasteiger partial charge on any atom is -0.299 e. The maximum absolute atomic E-state index is 12.4. The molecule has 0 spiro atoms. The number of hydrogen-bond acceptors (Lipinski definition) is 6. The summed E-state index contributed by atoms with van der Waals surface area (Å²) < 4.78 is 2.21. The number of amides is 1. The van der Waals surface area contributed by atoms with Crippen LogP contribution in [0, 0.1) is 0 Å². The van der Waals surface area contributed by atoms with Gasteiger partial charge >= 0.3 is 0 Å². The van der Waals surface area contributed by atoms with Gasteiger partial charge in [0.25, 0.3) is 5.91 Å². The second-order valence-corrected chi connectivity index (χ2v) is 9.80. The molecule has 1 aromatic carbocycles. The zero-order chi connectivity index (χ0) is 21.6. The number of rotatable bonds is 7. The van der Waals surface area contributed by atoms with Crippen molar-refractivity contribution in [1.29, 1.82) is 0 Å². The number of nitrogens with zero attached hydrogens (tertiary/aromatic N) is 4. The fourth-order valence-electron chi connectivity index (χ4n) is 3.69. The van der Waals surface area contributed by atoms with Crippen LogP contribution >= 0.6 is 34.7 Å². The first kappa shape index (κ1) is 22.0. The quantitative estimate of drug-likeness (QED) is 0.267. The molecule has 4 rings (SSSR count). The molecule has 1 aliphatic carbocycles. The van der Waals surface area contributed by atoms with Gasteiger partial charge in [-0.1, -0.05) is 48.7 Å². The molecule has 0 atom stereocenters. The van der Waals surface area contributed by atoms with Crippen LogP contribution in [-0.2, 0) is 4.79 Å². The Kier molecular flexibility index (Phi) is 7.42. The van der Waals surface area contributed by atoms with Crippen LogP contribution in [0.4, 0.5) is 0 Å². The van der Waals surface area contributed by atoms with Crippen LogP contribution in [0.15, 0.2) is 52.0 Å². The van der Waals surface area contributed by atoms with Crippen LogP contribution in [0.25, 0.3) is 11.4 Å². The molecule has 31 heavy (non-hydrogen) atoms. The van der Waals surface area contributed by atoms with Gasteiger partial charge < -0.3 is 0 Å². The molecule has 2 aromatic heterocycles. The van der Waals surface area contributed by atoms with E-state index in [1.807, 2.05) is 48.7 Å². The van der Waals surface area contributed by atoms with Crippen molar-refractivity contribution in [1.82, 2.24) is 20.2 Å². The first-order chi connectivity index (χ1) is 15.1. The Bertz CT molecular complexity index is 1040. The predicted molar refractivity (Wildman–Crippen MR) is 128 cm³/mol. The van der Waals surface area contributed by atoms with Crippen molar-refractivity contribution in [3.63, 3.8) is 0 Å². The third-order valence-electron chi connectivity index (χ3n) is 5.27. The number of carbonyl (C=O) groups excluding carboxylic acids is 1. The van der Waals surface area contributed by atoms with E-state index in [4.69, 9.17) is 11.6 Å². The minimum atomic E-state index is -0.160. The van der Waals surface area contributed by atoms with Gasteiger partial charge in [0.05, 0.1) is 11.5 Å². The molecule has 162 valence electrons. The molecule has 0 bridgehead atoms. The molecule has 1 saturated carbocycles. The molecule has 1 N–H and O–H groups in total. The molecular formula is C22H24ClN5OS2. The van der Waals surface area contributed by atoms with Gasteiger partial charge in [0.2, 0.25) is 0 Å². The molecule has 1 amide bonds. The number of carbonyl (C=O) groups is 1. The summed E-state index contributed by atoms with van der Waals surface area (Å²) >= 11 is 9.06. The Hall–Kier alpha value is -2.16. The Morgan fingerprint density at radius 3 is 2.71 bits per heavy atom. The van der Waals surface area contributed by atoms with E-state index in [0.29, 0.717) is 11.1 Å². The highest BCUT2D eigenvalue weighted by atomic mass is 35.5. The van der Waals surface area contributed by atoms with E-state index in [2.05, 4.69) is 25.3 Å². The smallest absolute Gasteiger partial charge is 0.250 e. The summed E-state index contributed by atoms with van der Waals surface area (Å²) in [7, 11) is 0. The van der Waals surface area contributed by atoms with Crippen molar-refractivity contribution in [2.24, 2.45) is 5.10 Å². The first-order valence-corrected chi connectivity index (χ1v) is 12.6. The van der Waals surface area contributed by atoms with Crippen LogP contribution in [0.3, 0.4) is 0 Å². The highest BCUT2D eigenvalue weighted by Gasteiger charge is 2.24. The van der Waals surface area contributed by atoms with Crippen molar-refractivity contribution in [2.75, 3.05) is 5.75 Å². The van der Waals surface area contributed by atoms with Crippen LogP contribution in [0.5, 0.6) is 0 Å². The fraction of sp³-hybridized carbons (Fsp3) is 0.364. The number of aromatic nitrogens is 3. The maximum atomic E-state index is 12.4. The number of hydrazone groups is 1. The molecule has 2 heterocycles. The van der Waals surface area contributed by atoms with Gasteiger partial charge in [-0.3, -0.25) is 9.36 Å². The molecule has 9 heteroatoms. The second kappa shape index (κ2) is 10.4. The largest absolute Gasteiger partial charge is 0.299 e. The molecule has 6 nitrogen and oxygen atoms in total. The third kappa shape index (κ3) is 5.56. The first-order valence-electron chi connectivity index (χ1n) is 10.3. The van der Waals surface area contributed by atoms with Gasteiger partial charge in [-0.2, -0.15) is 5.10 Å². The number of thiophene rings is 1. The lowest BCUT2D eigenvalue weighted by atomic mass is 9.95. The van der Waals surface area contributed by atoms with Crippen molar-refractivity contribution in [3.8, 4) is 11.4 Å². The lowest BCUT2D eigenvalue weighted by Gasteiger charge is -2.25. The summed E-state index contributed by atoms with van der Waals surface area (Å²) in [6, 6.07) is 12.0. The Balaban J connectivity index is 1.49. The normalized spacial score (nSPS) is 15.2. The Morgan fingerprint density at radius 1 is 1.23 bits per heavy atom. The van der Waals surface area contributed by atoms with Crippen LogP contribution in [-0.4, -0.2) is 32.1 Å². The topological polar surface area (TPSA) is 72.2 Å². The van der Waals surface area contributed by atoms with Crippen molar-refractivity contribution in [3.05, 3.63) is 51.7 Å². The second-order valence-electron chi connectivity index (χ2n) is 7.47. The summed E-state index contributed by atoms with van der Waals surface area (Å²) in [4.78, 5) is 13.4. The Morgan fingerprint density at radius 2 is 2.00 bits per heavy atom. The lowest BCUT2D eigenvalue weighted by Crippen LogP contribution is -2.22. The average Bonchev–Trinajstić information content (AvgIpc) is 3.47. The average molecular weight is 474 g/mol. The van der Waals surface area contributed by atoms with Crippen molar-refractivity contribution in [2.45, 2.75) is 50.2 Å². The third-order valence-corrected chi connectivity index (χ3v) is 7.44. The molecule has 0 aliphatic heterocycles. The SMILES string of the molecule is C/C(=N\NC(=O)CSc1nnc(-c2ccc(Cl)cc2)n1C1CCCCC1)c1cccs1. The molecular weight excluding hydrogens is 450 g/mol. The van der Waals surface area contributed by atoms with Gasteiger partial charge in [0.1, 0.15) is 0 Å². The number of halogens is 1. The van der Waals surface area contributed by atoms with Crippen LogP contribution in [0.1, 0.15) is 49.9 Å². The predicted octanol–water partition coefficient (Wildman–Crippen LogP) is 5.80. The molecule has 0 saturated heterocycles. The number of hydrogen-bond donors (Lipinski definition) is 1. The van der Waals surface area contributed by atoms with Crippen molar-refractivity contribution >= 4 is 46.3 Å². The monoisotopic (exact) mass is 473 g/mol. The number of nitrogens with one attached hydrogen (secondary N) is 1. The van der Waals surface area contributed by atoms with Gasteiger partial charge in [0, 0.05) is 21.5 Å². The summed E-state index contributed by atoms with van der Waals surface area (Å²) in [5, 5.41) is 16.6. The van der Waals surface area contributed by atoms with E-state index < -0.39 is 0 Å². The number of benzene rings is 1. The van der Waals surface area contributed by atoms with Gasteiger partial charge in [-0.05, 0) is 55.5 Å². The Labute approximate surface area is 195 Å². The molecule has 3 aromatic rings. The zero-order valence-corrected chi connectivity index (χ0v) is 19.6. The molecule has 1 aliphatic rings. The van der Waals surface area contributed by atoms with Gasteiger partial charge in [-0.15, -0.1) is 21.5 Å². The molecule has 1 fully saturated rings. The maximum Gasteiger partial charge on any atom is 0.250 e. The van der Waals surface area contributed by atoms with Crippen molar-refractivity contribution < 1.29 is 4.79 Å². The van der Waals surface area contributed by atoms with E-state index in [1.54, 1.807) is 11.3 Å². The summed E-state index contributed by atoms with van der Waals surface area (Å²) in [5.41, 5.74) is 4.42. The van der Waals surface area contributed by atoms with Gasteiger partial charge in [-0.25, -0.2) is 5.43 Å². The standard InChI is InChI=1S/C22H24ClN5OS2/c1-15(19-8-5-13-30-19)24-25-20(29)14-31-22-27-26-21(16-9-11-17(23)12-10-16)28(22)18-6-3-2-4-7-18/h5,8-13,18H,2-4,6-7,14H2,1H3,(H,25,29)/b24-15+. The summed E-state index contributed by atoms with van der Waals surface area (Å²) in [6.45, 7) is 1.89. The molecule has 0 radical (unpaired) electrons. The highest BCUT2D eigenvalue weighted by Crippen LogP contribution is 2.35. The number of thioether (sulfide) groups is 1. The lowest BCUT2D eigenvalue weighted by molar-refractivity contribution is -0.118. The summed E-state index contributed by atoms with van der Waals surface area (Å²) in [6.07, 6.45) is 5.86. The van der Waals surface area contributed by atoms with E-state index in [1.165, 1.54) is 31.0 Å². The highest BCUT2D eigenvalue weighted by molar-refractivity contribution is 7.99. The molecule has 0 unspecified atom stereocenters. The minimum absolute atomic E-state index is 0.160. The van der Waals surface area contributed by atoms with E-state index >= 15 is 0 Å². The van der Waals surface area contributed by atoms with Gasteiger partial charge in [0.15, 0.2) is 11.0 Å². The van der Waals surface area contributed by atoms with Crippen LogP contribution < -0.4 is 5.43 Å². The van der Waals surface area contributed by atoms with E-state index in [-0.39, 0.29) is 11.7 Å². The van der Waals surface area contributed by atoms with E-state index in [9.17, 15) is 4.79 Å². The fourth-order valence-corrected chi connectivity index (χ4v) is 5.29. The van der Waals surface area contributed by atoms with Crippen LogP contribution in [0.2, 0.25) is 5.02 Å². The summed E-state index contributed by atoms with van der Waals surface area (Å²) in [5.74, 6) is 0.900. The zero-order valence-electron chi connectivity index (χ0n) is 17.3.